The van der Waals surface area contributed by atoms with Gasteiger partial charge in [0, 0.05) is 49.7 Å². The van der Waals surface area contributed by atoms with E-state index >= 15 is 0 Å². The number of nitrogens with zero attached hydrogens (tertiary/aromatic N) is 4. The third kappa shape index (κ3) is 6.15. The van der Waals surface area contributed by atoms with E-state index < -0.39 is 0 Å². The van der Waals surface area contributed by atoms with Gasteiger partial charge in [-0.3, -0.25) is 4.90 Å². The van der Waals surface area contributed by atoms with E-state index in [2.05, 4.69) is 37.6 Å². The van der Waals surface area contributed by atoms with Gasteiger partial charge in [-0.25, -0.2) is 9.38 Å². The van der Waals surface area contributed by atoms with E-state index in [4.69, 9.17) is 5.26 Å². The van der Waals surface area contributed by atoms with Crippen molar-refractivity contribution in [3.63, 3.8) is 0 Å². The fourth-order valence-electron chi connectivity index (χ4n) is 3.09. The summed E-state index contributed by atoms with van der Waals surface area (Å²) in [6.07, 6.45) is 0. The van der Waals surface area contributed by atoms with Crippen LogP contribution in [0.5, 0.6) is 0 Å². The molecule has 2 aromatic rings. The second kappa shape index (κ2) is 11.3. The van der Waals surface area contributed by atoms with Gasteiger partial charge < -0.3 is 10.2 Å². The van der Waals surface area contributed by atoms with E-state index in [1.54, 1.807) is 17.4 Å². The maximum Gasteiger partial charge on any atom is 0.194 e. The quantitative estimate of drug-likeness (QED) is 0.377. The normalized spacial score (nSPS) is 15.0. The molecule has 1 N–H and O–H groups in total. The van der Waals surface area contributed by atoms with Gasteiger partial charge in [0.25, 0.3) is 0 Å². The van der Waals surface area contributed by atoms with E-state index in [1.165, 1.54) is 17.0 Å². The molecule has 0 atom stereocenters. The highest BCUT2D eigenvalue weighted by Crippen LogP contribution is 2.15. The fraction of sp³-hybridized carbons (Fsp3) is 0.400. The van der Waals surface area contributed by atoms with Crippen molar-refractivity contribution < 1.29 is 4.39 Å². The Morgan fingerprint density at radius 3 is 2.71 bits per heavy atom. The molecule has 0 bridgehead atoms. The Bertz CT molecular complexity index is 810. The van der Waals surface area contributed by atoms with Crippen LogP contribution in [0.15, 0.2) is 40.7 Å². The first-order chi connectivity index (χ1) is 13.2. The monoisotopic (exact) mass is 513 g/mol. The van der Waals surface area contributed by atoms with Crippen LogP contribution in [0.25, 0.3) is 0 Å². The summed E-state index contributed by atoms with van der Waals surface area (Å²) < 4.78 is 14.0. The van der Waals surface area contributed by atoms with Crippen LogP contribution < -0.4 is 5.32 Å². The first-order valence-corrected chi connectivity index (χ1v) is 10.0. The van der Waals surface area contributed by atoms with Crippen molar-refractivity contribution in [3.8, 4) is 6.07 Å². The molecule has 150 valence electrons. The van der Waals surface area contributed by atoms with E-state index in [0.717, 1.165) is 45.2 Å². The molecule has 0 aliphatic carbocycles. The van der Waals surface area contributed by atoms with Crippen molar-refractivity contribution >= 4 is 41.3 Å². The molecule has 0 amide bonds. The third-order valence-electron chi connectivity index (χ3n) is 4.54. The molecule has 8 heteroatoms. The molecule has 0 radical (unpaired) electrons. The molecule has 1 fully saturated rings. The zero-order valence-electron chi connectivity index (χ0n) is 15.9. The van der Waals surface area contributed by atoms with Gasteiger partial charge in [-0.1, -0.05) is 6.07 Å². The smallest absolute Gasteiger partial charge is 0.194 e. The van der Waals surface area contributed by atoms with Gasteiger partial charge in [0.15, 0.2) is 5.96 Å². The summed E-state index contributed by atoms with van der Waals surface area (Å²) >= 11 is 1.79. The van der Waals surface area contributed by atoms with E-state index in [1.807, 2.05) is 13.0 Å². The fourth-order valence-corrected chi connectivity index (χ4v) is 3.84. The van der Waals surface area contributed by atoms with Gasteiger partial charge >= 0.3 is 0 Å². The van der Waals surface area contributed by atoms with Crippen LogP contribution in [0.2, 0.25) is 0 Å². The molecule has 0 spiro atoms. The molecule has 1 aromatic heterocycles. The number of hydrogen-bond acceptors (Lipinski definition) is 4. The number of benzene rings is 1. The molecule has 1 saturated heterocycles. The van der Waals surface area contributed by atoms with Gasteiger partial charge in [-0.15, -0.1) is 35.3 Å². The standard InChI is InChI=1S/C20H24FN5S.HI/c1-2-23-20(24-14-17-12-16(13-22)5-6-19(17)21)26-9-7-25(8-10-26)15-18-4-3-11-27-18;/h3-6,11-12H,2,7-10,14-15H2,1H3,(H,23,24);1H. The summed E-state index contributed by atoms with van der Waals surface area (Å²) in [6.45, 7) is 7.72. The molecule has 5 nitrogen and oxygen atoms in total. The Morgan fingerprint density at radius 1 is 1.29 bits per heavy atom. The minimum Gasteiger partial charge on any atom is -0.357 e. The lowest BCUT2D eigenvalue weighted by Gasteiger charge is -2.36. The van der Waals surface area contributed by atoms with Crippen LogP contribution in [0.3, 0.4) is 0 Å². The first-order valence-electron chi connectivity index (χ1n) is 9.16. The summed E-state index contributed by atoms with van der Waals surface area (Å²) in [7, 11) is 0. The number of halogens is 2. The molecule has 1 aromatic carbocycles. The Morgan fingerprint density at radius 2 is 2.07 bits per heavy atom. The number of nitrogens with one attached hydrogen (secondary N) is 1. The molecule has 0 unspecified atom stereocenters. The molecular weight excluding hydrogens is 488 g/mol. The number of piperazine rings is 1. The highest BCUT2D eigenvalue weighted by molar-refractivity contribution is 14.0. The van der Waals surface area contributed by atoms with Crippen LogP contribution in [0.4, 0.5) is 4.39 Å². The summed E-state index contributed by atoms with van der Waals surface area (Å²) in [5.74, 6) is 0.476. The molecular formula is C20H25FIN5S. The predicted molar refractivity (Wildman–Crippen MR) is 123 cm³/mol. The Balaban J connectivity index is 0.00000280. The number of nitriles is 1. The summed E-state index contributed by atoms with van der Waals surface area (Å²) in [5.41, 5.74) is 0.898. The van der Waals surface area contributed by atoms with E-state index in [9.17, 15) is 4.39 Å². The van der Waals surface area contributed by atoms with Crippen LogP contribution in [-0.4, -0.2) is 48.5 Å². The van der Waals surface area contributed by atoms with Gasteiger partial charge in [0.05, 0.1) is 18.2 Å². The largest absolute Gasteiger partial charge is 0.357 e. The highest BCUT2D eigenvalue weighted by atomic mass is 127. The average molecular weight is 513 g/mol. The van der Waals surface area contributed by atoms with Crippen LogP contribution in [0.1, 0.15) is 22.9 Å². The molecule has 1 aliphatic heterocycles. The van der Waals surface area contributed by atoms with Crippen LogP contribution >= 0.6 is 35.3 Å². The lowest BCUT2D eigenvalue weighted by Crippen LogP contribution is -2.52. The molecule has 2 heterocycles. The zero-order chi connectivity index (χ0) is 19.1. The minimum absolute atomic E-state index is 0. The van der Waals surface area contributed by atoms with Gasteiger partial charge in [-0.2, -0.15) is 5.26 Å². The first kappa shape index (κ1) is 22.6. The number of thiophene rings is 1. The van der Waals surface area contributed by atoms with Crippen LogP contribution in [-0.2, 0) is 13.1 Å². The van der Waals surface area contributed by atoms with Gasteiger partial charge in [0.2, 0.25) is 0 Å². The van der Waals surface area contributed by atoms with E-state index in [-0.39, 0.29) is 36.3 Å². The van der Waals surface area contributed by atoms with Crippen LogP contribution in [0, 0.1) is 17.1 Å². The summed E-state index contributed by atoms with van der Waals surface area (Å²) in [5, 5.41) is 14.4. The van der Waals surface area contributed by atoms with Crippen molar-refractivity contribution in [2.24, 2.45) is 4.99 Å². The lowest BCUT2D eigenvalue weighted by molar-refractivity contribution is 0.173. The van der Waals surface area contributed by atoms with Crippen molar-refractivity contribution in [2.75, 3.05) is 32.7 Å². The third-order valence-corrected chi connectivity index (χ3v) is 5.40. The predicted octanol–water partition coefficient (Wildman–Crippen LogP) is 3.66. The second-order valence-electron chi connectivity index (χ2n) is 6.43. The topological polar surface area (TPSA) is 54.7 Å². The molecule has 28 heavy (non-hydrogen) atoms. The summed E-state index contributed by atoms with van der Waals surface area (Å²) in [6, 6.07) is 10.7. The average Bonchev–Trinajstić information content (AvgIpc) is 3.20. The SMILES string of the molecule is CCNC(=NCc1cc(C#N)ccc1F)N1CCN(Cc2cccs2)CC1.I. The van der Waals surface area contributed by atoms with Crippen molar-refractivity contribution in [1.29, 1.82) is 5.26 Å². The minimum atomic E-state index is -0.325. The number of aliphatic imine (C=N–C) groups is 1. The second-order valence-corrected chi connectivity index (χ2v) is 7.46. The number of hydrogen-bond donors (Lipinski definition) is 1. The molecule has 3 rings (SSSR count). The van der Waals surface area contributed by atoms with Crippen molar-refractivity contribution in [3.05, 3.63) is 57.5 Å². The highest BCUT2D eigenvalue weighted by Gasteiger charge is 2.20. The Labute approximate surface area is 186 Å². The van der Waals surface area contributed by atoms with E-state index in [0.29, 0.717) is 11.1 Å². The Hall–Kier alpha value is -1.70. The maximum atomic E-state index is 14.0. The van der Waals surface area contributed by atoms with Gasteiger partial charge in [-0.05, 0) is 36.6 Å². The molecule has 0 saturated carbocycles. The van der Waals surface area contributed by atoms with Crippen molar-refractivity contribution in [2.45, 2.75) is 20.0 Å². The Kier molecular flexibility index (Phi) is 9.15. The maximum absolute atomic E-state index is 14.0. The lowest BCUT2D eigenvalue weighted by atomic mass is 10.1. The zero-order valence-corrected chi connectivity index (χ0v) is 19.0. The molecule has 1 aliphatic rings. The number of rotatable bonds is 5. The van der Waals surface area contributed by atoms with Crippen molar-refractivity contribution in [1.82, 2.24) is 15.1 Å². The number of guanidine groups is 1. The van der Waals surface area contributed by atoms with Gasteiger partial charge in [0.1, 0.15) is 5.82 Å². The summed E-state index contributed by atoms with van der Waals surface area (Å²) in [4.78, 5) is 10.7.